The summed E-state index contributed by atoms with van der Waals surface area (Å²) < 4.78 is 10.6. The summed E-state index contributed by atoms with van der Waals surface area (Å²) in [6.07, 6.45) is 2.77. The molecular formula is C24H30ClN3O4. The summed E-state index contributed by atoms with van der Waals surface area (Å²) in [7, 11) is 3.24. The predicted molar refractivity (Wildman–Crippen MR) is 126 cm³/mol. The number of nitrogens with zero attached hydrogens (tertiary/aromatic N) is 1. The molecule has 32 heavy (non-hydrogen) atoms. The van der Waals surface area contributed by atoms with Crippen LogP contribution in [0.4, 0.5) is 10.5 Å². The van der Waals surface area contributed by atoms with Gasteiger partial charge in [-0.15, -0.1) is 0 Å². The summed E-state index contributed by atoms with van der Waals surface area (Å²) in [4.78, 5) is 26.6. The standard InChI is InChI=1S/C24H30ClN3O4/c1-31-21-7-6-18(22(16-21)32-2)8-11-26-23(29)14-17-9-12-28(13-10-17)24(30)27-20-5-3-4-19(25)15-20/h3-7,15-17H,8-14H2,1-2H3,(H,26,29)(H,27,30). The van der Waals surface area contributed by atoms with Crippen LogP contribution in [0.3, 0.4) is 0 Å². The Morgan fingerprint density at radius 1 is 1.09 bits per heavy atom. The topological polar surface area (TPSA) is 79.9 Å². The number of urea groups is 1. The Hall–Kier alpha value is -2.93. The first kappa shape index (κ1) is 23.7. The number of amides is 3. The summed E-state index contributed by atoms with van der Waals surface area (Å²) >= 11 is 5.97. The Labute approximate surface area is 194 Å². The van der Waals surface area contributed by atoms with Crippen LogP contribution in [0.1, 0.15) is 24.8 Å². The molecule has 0 radical (unpaired) electrons. The molecule has 172 valence electrons. The predicted octanol–water partition coefficient (Wildman–Crippen LogP) is 4.35. The van der Waals surface area contributed by atoms with E-state index in [0.717, 1.165) is 29.9 Å². The van der Waals surface area contributed by atoms with E-state index in [9.17, 15) is 9.59 Å². The van der Waals surface area contributed by atoms with E-state index in [2.05, 4.69) is 10.6 Å². The van der Waals surface area contributed by atoms with Crippen LogP contribution in [0.5, 0.6) is 11.5 Å². The number of hydrogen-bond acceptors (Lipinski definition) is 4. The number of carbonyl (C=O) groups excluding carboxylic acids is 2. The van der Waals surface area contributed by atoms with Crippen LogP contribution >= 0.6 is 11.6 Å². The second kappa shape index (κ2) is 11.6. The fourth-order valence-corrected chi connectivity index (χ4v) is 4.03. The highest BCUT2D eigenvalue weighted by molar-refractivity contribution is 6.30. The fourth-order valence-electron chi connectivity index (χ4n) is 3.84. The van der Waals surface area contributed by atoms with Crippen molar-refractivity contribution in [2.24, 2.45) is 5.92 Å². The van der Waals surface area contributed by atoms with Gasteiger partial charge in [0, 0.05) is 42.8 Å². The molecular weight excluding hydrogens is 430 g/mol. The largest absolute Gasteiger partial charge is 0.497 e. The number of ether oxygens (including phenoxy) is 2. The maximum atomic E-state index is 12.5. The van der Waals surface area contributed by atoms with Crippen LogP contribution in [0, 0.1) is 5.92 Å². The zero-order valence-electron chi connectivity index (χ0n) is 18.5. The van der Waals surface area contributed by atoms with Crippen molar-refractivity contribution in [3.05, 3.63) is 53.1 Å². The monoisotopic (exact) mass is 459 g/mol. The van der Waals surface area contributed by atoms with Gasteiger partial charge >= 0.3 is 6.03 Å². The van der Waals surface area contributed by atoms with Crippen LogP contribution in [0.15, 0.2) is 42.5 Å². The number of benzene rings is 2. The van der Waals surface area contributed by atoms with Crippen LogP contribution in [0.25, 0.3) is 0 Å². The quantitative estimate of drug-likeness (QED) is 0.615. The highest BCUT2D eigenvalue weighted by Crippen LogP contribution is 2.25. The van der Waals surface area contributed by atoms with E-state index in [-0.39, 0.29) is 17.9 Å². The van der Waals surface area contributed by atoms with Gasteiger partial charge in [-0.1, -0.05) is 23.7 Å². The molecule has 0 bridgehead atoms. The van der Waals surface area contributed by atoms with Crippen molar-refractivity contribution in [1.29, 1.82) is 0 Å². The van der Waals surface area contributed by atoms with E-state index in [0.29, 0.717) is 43.2 Å². The van der Waals surface area contributed by atoms with Crippen molar-refractivity contribution >= 4 is 29.2 Å². The third kappa shape index (κ3) is 6.79. The summed E-state index contributed by atoms with van der Waals surface area (Å²) in [6, 6.07) is 12.6. The minimum Gasteiger partial charge on any atom is -0.497 e. The first-order valence-corrected chi connectivity index (χ1v) is 11.2. The van der Waals surface area contributed by atoms with E-state index in [1.165, 1.54) is 0 Å². The van der Waals surface area contributed by atoms with E-state index in [1.807, 2.05) is 24.3 Å². The number of halogens is 1. The van der Waals surface area contributed by atoms with Gasteiger partial charge in [0.1, 0.15) is 11.5 Å². The zero-order chi connectivity index (χ0) is 22.9. The van der Waals surface area contributed by atoms with Gasteiger partial charge in [0.2, 0.25) is 5.91 Å². The summed E-state index contributed by atoms with van der Waals surface area (Å²) in [5.74, 6) is 1.81. The Morgan fingerprint density at radius 2 is 1.88 bits per heavy atom. The molecule has 0 unspecified atom stereocenters. The lowest BCUT2D eigenvalue weighted by molar-refractivity contribution is -0.122. The van der Waals surface area contributed by atoms with Crippen LogP contribution < -0.4 is 20.1 Å². The molecule has 0 saturated carbocycles. The Balaban J connectivity index is 1.38. The van der Waals surface area contributed by atoms with E-state index in [1.54, 1.807) is 37.3 Å². The van der Waals surface area contributed by atoms with Crippen LogP contribution in [-0.2, 0) is 11.2 Å². The number of methoxy groups -OCH3 is 2. The normalized spacial score (nSPS) is 14.0. The number of nitrogens with one attached hydrogen (secondary N) is 2. The molecule has 2 aromatic rings. The van der Waals surface area contributed by atoms with E-state index in [4.69, 9.17) is 21.1 Å². The molecule has 1 aliphatic heterocycles. The van der Waals surface area contributed by atoms with Gasteiger partial charge in [0.05, 0.1) is 14.2 Å². The summed E-state index contributed by atoms with van der Waals surface area (Å²) in [5, 5.41) is 6.45. The molecule has 0 aromatic heterocycles. The summed E-state index contributed by atoms with van der Waals surface area (Å²) in [6.45, 7) is 1.81. The van der Waals surface area contributed by atoms with Crippen molar-refractivity contribution in [2.75, 3.05) is 39.2 Å². The molecule has 1 fully saturated rings. The molecule has 0 atom stereocenters. The lowest BCUT2D eigenvalue weighted by Crippen LogP contribution is -2.42. The highest BCUT2D eigenvalue weighted by atomic mass is 35.5. The highest BCUT2D eigenvalue weighted by Gasteiger charge is 2.24. The Morgan fingerprint density at radius 3 is 2.56 bits per heavy atom. The SMILES string of the molecule is COc1ccc(CCNC(=O)CC2CCN(C(=O)Nc3cccc(Cl)c3)CC2)c(OC)c1. The number of anilines is 1. The molecule has 3 rings (SSSR count). The van der Waals surface area contributed by atoms with Gasteiger partial charge in [-0.3, -0.25) is 4.79 Å². The number of hydrogen-bond donors (Lipinski definition) is 2. The van der Waals surface area contributed by atoms with Gasteiger partial charge in [-0.25, -0.2) is 4.79 Å². The molecule has 8 heteroatoms. The Bertz CT molecular complexity index is 929. The molecule has 0 aliphatic carbocycles. The fraction of sp³-hybridized carbons (Fsp3) is 0.417. The van der Waals surface area contributed by atoms with Crippen molar-refractivity contribution in [1.82, 2.24) is 10.2 Å². The minimum absolute atomic E-state index is 0.0410. The zero-order valence-corrected chi connectivity index (χ0v) is 19.3. The number of carbonyl (C=O) groups is 2. The third-order valence-corrected chi connectivity index (χ3v) is 5.90. The molecule has 7 nitrogen and oxygen atoms in total. The average Bonchev–Trinajstić information content (AvgIpc) is 2.79. The maximum absolute atomic E-state index is 12.5. The van der Waals surface area contributed by atoms with Crippen molar-refractivity contribution in [3.63, 3.8) is 0 Å². The van der Waals surface area contributed by atoms with Crippen molar-refractivity contribution < 1.29 is 19.1 Å². The number of piperidine rings is 1. The molecule has 2 N–H and O–H groups in total. The van der Waals surface area contributed by atoms with Crippen molar-refractivity contribution in [2.45, 2.75) is 25.7 Å². The van der Waals surface area contributed by atoms with E-state index >= 15 is 0 Å². The molecule has 1 aliphatic rings. The van der Waals surface area contributed by atoms with Gasteiger partial charge in [0.15, 0.2) is 0 Å². The average molecular weight is 460 g/mol. The smallest absolute Gasteiger partial charge is 0.321 e. The lowest BCUT2D eigenvalue weighted by atomic mass is 9.93. The second-order valence-corrected chi connectivity index (χ2v) is 8.29. The van der Waals surface area contributed by atoms with Gasteiger partial charge < -0.3 is 25.0 Å². The minimum atomic E-state index is -0.136. The van der Waals surface area contributed by atoms with E-state index < -0.39 is 0 Å². The number of likely N-dealkylation sites (tertiary alicyclic amines) is 1. The maximum Gasteiger partial charge on any atom is 0.321 e. The molecule has 1 saturated heterocycles. The van der Waals surface area contributed by atoms with Crippen LogP contribution in [0.2, 0.25) is 5.02 Å². The van der Waals surface area contributed by atoms with Gasteiger partial charge in [-0.05, 0) is 55.0 Å². The van der Waals surface area contributed by atoms with Crippen molar-refractivity contribution in [3.8, 4) is 11.5 Å². The third-order valence-electron chi connectivity index (χ3n) is 5.66. The lowest BCUT2D eigenvalue weighted by Gasteiger charge is -2.31. The Kier molecular flexibility index (Phi) is 8.62. The molecule has 3 amide bonds. The summed E-state index contributed by atoms with van der Waals surface area (Å²) in [5.41, 5.74) is 1.70. The molecule has 1 heterocycles. The number of rotatable bonds is 8. The van der Waals surface area contributed by atoms with Gasteiger partial charge in [-0.2, -0.15) is 0 Å². The second-order valence-electron chi connectivity index (χ2n) is 7.85. The first-order valence-electron chi connectivity index (χ1n) is 10.8. The van der Waals surface area contributed by atoms with Gasteiger partial charge in [0.25, 0.3) is 0 Å². The first-order chi connectivity index (χ1) is 15.5. The molecule has 0 spiro atoms. The molecule has 2 aromatic carbocycles. The van der Waals surface area contributed by atoms with Crippen LogP contribution in [-0.4, -0.2) is 50.7 Å².